The van der Waals surface area contributed by atoms with Crippen LogP contribution in [0, 0.1) is 16.0 Å². The molecule has 0 aromatic heterocycles. The van der Waals surface area contributed by atoms with E-state index in [9.17, 15) is 10.1 Å². The Hall–Kier alpha value is -1.29. The lowest BCUT2D eigenvalue weighted by Crippen LogP contribution is -2.05. The number of halogens is 1. The minimum Gasteiger partial charge on any atom is -0.381 e. The molecular weight excluding hydrogens is 240 g/mol. The molecule has 17 heavy (non-hydrogen) atoms. The molecule has 1 saturated carbocycles. The summed E-state index contributed by atoms with van der Waals surface area (Å²) in [7, 11) is 0. The maximum Gasteiger partial charge on any atom is 0.271 e. The van der Waals surface area contributed by atoms with Crippen molar-refractivity contribution in [2.24, 2.45) is 5.92 Å². The van der Waals surface area contributed by atoms with Crippen molar-refractivity contribution in [2.75, 3.05) is 5.32 Å². The summed E-state index contributed by atoms with van der Waals surface area (Å²) in [6.45, 7) is 2.17. The molecule has 0 bridgehead atoms. The van der Waals surface area contributed by atoms with Gasteiger partial charge in [-0.3, -0.25) is 10.1 Å². The van der Waals surface area contributed by atoms with Gasteiger partial charge in [-0.2, -0.15) is 0 Å². The van der Waals surface area contributed by atoms with Gasteiger partial charge in [-0.15, -0.1) is 0 Å². The third-order valence-corrected chi connectivity index (χ3v) is 3.40. The van der Waals surface area contributed by atoms with Crippen molar-refractivity contribution in [1.82, 2.24) is 0 Å². The highest BCUT2D eigenvalue weighted by Crippen LogP contribution is 2.39. The molecule has 1 fully saturated rings. The van der Waals surface area contributed by atoms with Crippen LogP contribution in [0.25, 0.3) is 0 Å². The molecule has 1 aliphatic rings. The van der Waals surface area contributed by atoms with Crippen molar-refractivity contribution in [2.45, 2.75) is 32.2 Å². The second-order valence-electron chi connectivity index (χ2n) is 4.46. The first kappa shape index (κ1) is 12.2. The van der Waals surface area contributed by atoms with Crippen molar-refractivity contribution >= 4 is 23.0 Å². The molecule has 92 valence electrons. The van der Waals surface area contributed by atoms with Crippen LogP contribution in [0.4, 0.5) is 11.4 Å². The molecule has 4 nitrogen and oxygen atoms in total. The highest BCUT2D eigenvalue weighted by atomic mass is 35.5. The minimum atomic E-state index is -0.438. The SMILES string of the molecule is CCCC1CC1Nc1ccc([N+](=O)[O-])cc1Cl. The zero-order chi connectivity index (χ0) is 12.4. The van der Waals surface area contributed by atoms with Crippen LogP contribution in [-0.4, -0.2) is 11.0 Å². The Morgan fingerprint density at radius 1 is 1.59 bits per heavy atom. The average Bonchev–Trinajstić information content (AvgIpc) is 3.00. The van der Waals surface area contributed by atoms with Crippen LogP contribution in [0.2, 0.25) is 5.02 Å². The van der Waals surface area contributed by atoms with E-state index < -0.39 is 4.92 Å². The first-order valence-corrected chi connectivity index (χ1v) is 6.20. The molecule has 2 unspecified atom stereocenters. The molecule has 1 aliphatic carbocycles. The summed E-state index contributed by atoms with van der Waals surface area (Å²) in [5.74, 6) is 0.728. The Labute approximate surface area is 105 Å². The smallest absolute Gasteiger partial charge is 0.271 e. The highest BCUT2D eigenvalue weighted by Gasteiger charge is 2.36. The zero-order valence-electron chi connectivity index (χ0n) is 9.65. The quantitative estimate of drug-likeness (QED) is 0.641. The molecule has 1 aromatic carbocycles. The third kappa shape index (κ3) is 2.88. The number of nitrogens with one attached hydrogen (secondary N) is 1. The first-order chi connectivity index (χ1) is 8.11. The molecule has 0 spiro atoms. The summed E-state index contributed by atoms with van der Waals surface area (Å²) >= 11 is 6.00. The van der Waals surface area contributed by atoms with Gasteiger partial charge >= 0.3 is 0 Å². The van der Waals surface area contributed by atoms with E-state index in [0.717, 1.165) is 11.6 Å². The van der Waals surface area contributed by atoms with Crippen molar-refractivity contribution in [3.8, 4) is 0 Å². The summed E-state index contributed by atoms with van der Waals surface area (Å²) in [6, 6.07) is 5.03. The van der Waals surface area contributed by atoms with Crippen molar-refractivity contribution in [3.63, 3.8) is 0 Å². The number of anilines is 1. The van der Waals surface area contributed by atoms with Crippen molar-refractivity contribution < 1.29 is 4.92 Å². The molecule has 1 N–H and O–H groups in total. The standard InChI is InChI=1S/C12H15ClN2O2/c1-2-3-8-6-12(8)14-11-5-4-9(15(16)17)7-10(11)13/h4-5,7-8,12,14H,2-3,6H2,1H3. The van der Waals surface area contributed by atoms with E-state index in [-0.39, 0.29) is 5.69 Å². The van der Waals surface area contributed by atoms with E-state index in [0.29, 0.717) is 11.1 Å². The number of non-ortho nitro benzene ring substituents is 1. The molecule has 0 saturated heterocycles. The number of nitro groups is 1. The van der Waals surface area contributed by atoms with Crippen molar-refractivity contribution in [3.05, 3.63) is 33.3 Å². The molecule has 5 heteroatoms. The Kier molecular flexibility index (Phi) is 3.52. The van der Waals surface area contributed by atoms with Gasteiger partial charge in [-0.05, 0) is 24.8 Å². The summed E-state index contributed by atoms with van der Waals surface area (Å²) in [5.41, 5.74) is 0.822. The molecule has 1 aromatic rings. The maximum absolute atomic E-state index is 10.6. The molecule has 2 rings (SSSR count). The zero-order valence-corrected chi connectivity index (χ0v) is 10.4. The van der Waals surface area contributed by atoms with Gasteiger partial charge in [-0.25, -0.2) is 0 Å². The van der Waals surface area contributed by atoms with Gasteiger partial charge in [0, 0.05) is 18.2 Å². The van der Waals surface area contributed by atoms with Gasteiger partial charge in [0.05, 0.1) is 15.6 Å². The van der Waals surface area contributed by atoms with Crippen LogP contribution in [-0.2, 0) is 0 Å². The van der Waals surface area contributed by atoms with E-state index in [1.807, 2.05) is 0 Å². The number of nitrogens with zero attached hydrogens (tertiary/aromatic N) is 1. The number of nitro benzene ring substituents is 1. The lowest BCUT2D eigenvalue weighted by atomic mass is 10.2. The van der Waals surface area contributed by atoms with E-state index >= 15 is 0 Å². The van der Waals surface area contributed by atoms with Gasteiger partial charge in [0.25, 0.3) is 5.69 Å². The monoisotopic (exact) mass is 254 g/mol. The van der Waals surface area contributed by atoms with Crippen LogP contribution in [0.1, 0.15) is 26.2 Å². The Morgan fingerprint density at radius 3 is 2.94 bits per heavy atom. The van der Waals surface area contributed by atoms with Crippen LogP contribution >= 0.6 is 11.6 Å². The fourth-order valence-electron chi connectivity index (χ4n) is 2.05. The highest BCUT2D eigenvalue weighted by molar-refractivity contribution is 6.33. The van der Waals surface area contributed by atoms with Gasteiger partial charge in [-0.1, -0.05) is 24.9 Å². The van der Waals surface area contributed by atoms with Crippen LogP contribution in [0.15, 0.2) is 18.2 Å². The number of hydrogen-bond acceptors (Lipinski definition) is 3. The van der Waals surface area contributed by atoms with Gasteiger partial charge < -0.3 is 5.32 Å². The van der Waals surface area contributed by atoms with Gasteiger partial charge in [0.1, 0.15) is 0 Å². The maximum atomic E-state index is 10.6. The van der Waals surface area contributed by atoms with E-state index in [1.165, 1.54) is 31.4 Å². The van der Waals surface area contributed by atoms with E-state index in [2.05, 4.69) is 12.2 Å². The van der Waals surface area contributed by atoms with Gasteiger partial charge in [0.15, 0.2) is 0 Å². The Morgan fingerprint density at radius 2 is 2.35 bits per heavy atom. The third-order valence-electron chi connectivity index (χ3n) is 3.09. The Balaban J connectivity index is 2.00. The Bertz CT molecular complexity index is 437. The predicted octanol–water partition coefficient (Wildman–Crippen LogP) is 3.85. The van der Waals surface area contributed by atoms with Crippen LogP contribution in [0.5, 0.6) is 0 Å². The van der Waals surface area contributed by atoms with Crippen LogP contribution in [0.3, 0.4) is 0 Å². The fourth-order valence-corrected chi connectivity index (χ4v) is 2.28. The van der Waals surface area contributed by atoms with Gasteiger partial charge in [0.2, 0.25) is 0 Å². The second-order valence-corrected chi connectivity index (χ2v) is 4.86. The lowest BCUT2D eigenvalue weighted by Gasteiger charge is -2.07. The molecule has 2 atom stereocenters. The summed E-state index contributed by atoms with van der Waals surface area (Å²) in [5, 5.41) is 14.3. The van der Waals surface area contributed by atoms with E-state index in [4.69, 9.17) is 11.6 Å². The van der Waals surface area contributed by atoms with E-state index in [1.54, 1.807) is 6.07 Å². The largest absolute Gasteiger partial charge is 0.381 e. The molecule has 0 aliphatic heterocycles. The number of benzene rings is 1. The predicted molar refractivity (Wildman–Crippen MR) is 68.5 cm³/mol. The lowest BCUT2D eigenvalue weighted by molar-refractivity contribution is -0.384. The number of rotatable bonds is 5. The first-order valence-electron chi connectivity index (χ1n) is 5.82. The molecular formula is C12H15ClN2O2. The van der Waals surface area contributed by atoms with Crippen LogP contribution < -0.4 is 5.32 Å². The summed E-state index contributed by atoms with van der Waals surface area (Å²) < 4.78 is 0. The summed E-state index contributed by atoms with van der Waals surface area (Å²) in [4.78, 5) is 10.1. The molecule has 0 heterocycles. The topological polar surface area (TPSA) is 55.2 Å². The minimum absolute atomic E-state index is 0.0291. The molecule has 0 amide bonds. The number of hydrogen-bond donors (Lipinski definition) is 1. The second kappa shape index (κ2) is 4.92. The fraction of sp³-hybridized carbons (Fsp3) is 0.500. The molecule has 0 radical (unpaired) electrons. The normalized spacial score (nSPS) is 22.2. The average molecular weight is 255 g/mol. The summed E-state index contributed by atoms with van der Waals surface area (Å²) in [6.07, 6.45) is 3.58. The van der Waals surface area contributed by atoms with Crippen molar-refractivity contribution in [1.29, 1.82) is 0 Å².